The molecule has 0 aliphatic heterocycles. The summed E-state index contributed by atoms with van der Waals surface area (Å²) in [6, 6.07) is 18.3. The van der Waals surface area contributed by atoms with Crippen molar-refractivity contribution < 1.29 is 18.7 Å². The average Bonchev–Trinajstić information content (AvgIpc) is 2.76. The van der Waals surface area contributed by atoms with E-state index in [0.29, 0.717) is 22.9 Å². The SMILES string of the molecule is C=CC(=O)Oc1cc(SCc2ccccc2)ccc1Nc1cc(F)c(Br)cc1OC. The molecule has 3 rings (SSSR count). The van der Waals surface area contributed by atoms with Gasteiger partial charge < -0.3 is 14.8 Å². The second-order valence-electron chi connectivity index (χ2n) is 6.15. The summed E-state index contributed by atoms with van der Waals surface area (Å²) in [5, 5.41) is 3.08. The predicted molar refractivity (Wildman–Crippen MR) is 122 cm³/mol. The van der Waals surface area contributed by atoms with E-state index in [1.54, 1.807) is 23.9 Å². The number of ether oxygens (including phenoxy) is 2. The lowest BCUT2D eigenvalue weighted by molar-refractivity contribution is -0.128. The Bertz CT molecular complexity index is 1060. The van der Waals surface area contributed by atoms with Gasteiger partial charge >= 0.3 is 5.97 Å². The molecule has 0 aliphatic carbocycles. The summed E-state index contributed by atoms with van der Waals surface area (Å²) < 4.78 is 25.1. The van der Waals surface area contributed by atoms with Crippen LogP contribution in [0.3, 0.4) is 0 Å². The first-order valence-corrected chi connectivity index (χ1v) is 10.7. The van der Waals surface area contributed by atoms with E-state index >= 15 is 0 Å². The van der Waals surface area contributed by atoms with Crippen LogP contribution in [-0.2, 0) is 10.5 Å². The fraction of sp³-hybridized carbons (Fsp3) is 0.0870. The highest BCUT2D eigenvalue weighted by Crippen LogP contribution is 2.38. The third-order valence-electron chi connectivity index (χ3n) is 4.09. The number of nitrogens with one attached hydrogen (secondary N) is 1. The van der Waals surface area contributed by atoms with Crippen LogP contribution in [0, 0.1) is 5.82 Å². The van der Waals surface area contributed by atoms with Crippen LogP contribution < -0.4 is 14.8 Å². The Morgan fingerprint density at radius 1 is 1.13 bits per heavy atom. The van der Waals surface area contributed by atoms with E-state index in [2.05, 4.69) is 40.0 Å². The Balaban J connectivity index is 1.88. The van der Waals surface area contributed by atoms with Crippen molar-refractivity contribution in [3.05, 3.63) is 89.2 Å². The van der Waals surface area contributed by atoms with Crippen LogP contribution in [0.1, 0.15) is 5.56 Å². The summed E-state index contributed by atoms with van der Waals surface area (Å²) in [4.78, 5) is 12.8. The molecule has 0 saturated carbocycles. The minimum absolute atomic E-state index is 0.288. The Hall–Kier alpha value is -2.77. The Kier molecular flexibility index (Phi) is 7.54. The maximum atomic E-state index is 14.0. The topological polar surface area (TPSA) is 47.6 Å². The zero-order valence-corrected chi connectivity index (χ0v) is 18.6. The molecule has 0 unspecified atom stereocenters. The third-order valence-corrected chi connectivity index (χ3v) is 5.76. The summed E-state index contributed by atoms with van der Waals surface area (Å²) in [6.07, 6.45) is 1.09. The molecule has 0 heterocycles. The minimum atomic E-state index is -0.586. The van der Waals surface area contributed by atoms with E-state index in [-0.39, 0.29) is 4.47 Å². The van der Waals surface area contributed by atoms with Gasteiger partial charge in [-0.05, 0) is 45.8 Å². The van der Waals surface area contributed by atoms with Crippen molar-refractivity contribution in [2.45, 2.75) is 10.6 Å². The van der Waals surface area contributed by atoms with Crippen molar-refractivity contribution in [2.24, 2.45) is 0 Å². The van der Waals surface area contributed by atoms with Gasteiger partial charge in [0.15, 0.2) is 5.75 Å². The van der Waals surface area contributed by atoms with Crippen LogP contribution in [0.4, 0.5) is 15.8 Å². The van der Waals surface area contributed by atoms with Gasteiger partial charge in [-0.1, -0.05) is 36.9 Å². The molecule has 30 heavy (non-hydrogen) atoms. The van der Waals surface area contributed by atoms with E-state index in [0.717, 1.165) is 16.7 Å². The van der Waals surface area contributed by atoms with Crippen molar-refractivity contribution in [2.75, 3.05) is 12.4 Å². The molecule has 0 aromatic heterocycles. The number of hydrogen-bond donors (Lipinski definition) is 1. The number of esters is 1. The first-order chi connectivity index (χ1) is 14.5. The second kappa shape index (κ2) is 10.3. The number of halogens is 2. The smallest absolute Gasteiger partial charge is 0.335 e. The fourth-order valence-corrected chi connectivity index (χ4v) is 3.81. The molecule has 3 aromatic rings. The molecule has 1 N–H and O–H groups in total. The lowest BCUT2D eigenvalue weighted by Crippen LogP contribution is -2.06. The monoisotopic (exact) mass is 487 g/mol. The molecule has 0 spiro atoms. The summed E-state index contributed by atoms with van der Waals surface area (Å²) >= 11 is 4.76. The number of rotatable bonds is 8. The van der Waals surface area contributed by atoms with Crippen LogP contribution in [0.5, 0.6) is 11.5 Å². The van der Waals surface area contributed by atoms with Crippen molar-refractivity contribution in [1.82, 2.24) is 0 Å². The summed E-state index contributed by atoms with van der Waals surface area (Å²) in [7, 11) is 1.49. The highest BCUT2D eigenvalue weighted by molar-refractivity contribution is 9.10. The first-order valence-electron chi connectivity index (χ1n) is 8.95. The van der Waals surface area contributed by atoms with Crippen molar-refractivity contribution in [3.8, 4) is 11.5 Å². The Morgan fingerprint density at radius 2 is 1.90 bits per heavy atom. The van der Waals surface area contributed by atoms with Crippen LogP contribution in [0.15, 0.2) is 82.7 Å². The highest BCUT2D eigenvalue weighted by atomic mass is 79.9. The van der Waals surface area contributed by atoms with Crippen molar-refractivity contribution in [1.29, 1.82) is 0 Å². The number of carbonyl (C=O) groups excluding carboxylic acids is 1. The molecule has 0 aliphatic rings. The van der Waals surface area contributed by atoms with Gasteiger partial charge in [0, 0.05) is 22.8 Å². The number of methoxy groups -OCH3 is 1. The van der Waals surface area contributed by atoms with Crippen molar-refractivity contribution >= 4 is 45.0 Å². The number of carbonyl (C=O) groups is 1. The zero-order chi connectivity index (χ0) is 21.5. The van der Waals surface area contributed by atoms with Crippen molar-refractivity contribution in [3.63, 3.8) is 0 Å². The first kappa shape index (κ1) is 21.9. The molecule has 154 valence electrons. The lowest BCUT2D eigenvalue weighted by Gasteiger charge is -2.16. The van der Waals surface area contributed by atoms with Gasteiger partial charge in [-0.15, -0.1) is 11.8 Å². The summed E-state index contributed by atoms with van der Waals surface area (Å²) in [5.41, 5.74) is 2.08. The molecule has 7 heteroatoms. The maximum Gasteiger partial charge on any atom is 0.335 e. The van der Waals surface area contributed by atoms with E-state index in [1.165, 1.54) is 24.8 Å². The van der Waals surface area contributed by atoms with Gasteiger partial charge in [-0.3, -0.25) is 0 Å². The van der Waals surface area contributed by atoms with Gasteiger partial charge in [0.05, 0.1) is 23.0 Å². The molecule has 0 atom stereocenters. The molecule has 0 saturated heterocycles. The molecular weight excluding hydrogens is 469 g/mol. The number of hydrogen-bond acceptors (Lipinski definition) is 5. The van der Waals surface area contributed by atoms with Gasteiger partial charge in [-0.2, -0.15) is 0 Å². The van der Waals surface area contributed by atoms with Gasteiger partial charge in [-0.25, -0.2) is 9.18 Å². The summed E-state index contributed by atoms with van der Waals surface area (Å²) in [5.74, 6) is 0.485. The fourth-order valence-electron chi connectivity index (χ4n) is 2.61. The molecule has 4 nitrogen and oxygen atoms in total. The molecule has 0 bridgehead atoms. The molecular formula is C23H19BrFNO3S. The molecule has 0 amide bonds. The van der Waals surface area contributed by atoms with E-state index in [4.69, 9.17) is 9.47 Å². The summed E-state index contributed by atoms with van der Waals surface area (Å²) in [6.45, 7) is 3.44. The number of thioether (sulfide) groups is 1. The van der Waals surface area contributed by atoms with E-state index < -0.39 is 11.8 Å². The minimum Gasteiger partial charge on any atom is -0.495 e. The lowest BCUT2D eigenvalue weighted by atomic mass is 10.2. The van der Waals surface area contributed by atoms with Crippen LogP contribution >= 0.6 is 27.7 Å². The average molecular weight is 488 g/mol. The molecule has 0 radical (unpaired) electrons. The second-order valence-corrected chi connectivity index (χ2v) is 8.05. The van der Waals surface area contributed by atoms with E-state index in [9.17, 15) is 9.18 Å². The van der Waals surface area contributed by atoms with Crippen LogP contribution in [0.2, 0.25) is 0 Å². The largest absolute Gasteiger partial charge is 0.495 e. The standard InChI is InChI=1S/C23H19BrFNO3S/c1-3-23(27)29-22-11-16(30-14-15-7-5-4-6-8-15)9-10-19(22)26-20-13-18(25)17(24)12-21(20)28-2/h3-13,26H,1,14H2,2H3. The highest BCUT2D eigenvalue weighted by Gasteiger charge is 2.14. The van der Waals surface area contributed by atoms with Gasteiger partial charge in [0.2, 0.25) is 0 Å². The quantitative estimate of drug-likeness (QED) is 0.165. The Morgan fingerprint density at radius 3 is 2.60 bits per heavy atom. The number of benzene rings is 3. The number of anilines is 2. The van der Waals surface area contributed by atoms with Gasteiger partial charge in [0.25, 0.3) is 0 Å². The molecule has 3 aromatic carbocycles. The third kappa shape index (κ3) is 5.64. The van der Waals surface area contributed by atoms with Gasteiger partial charge in [0.1, 0.15) is 11.6 Å². The zero-order valence-electron chi connectivity index (χ0n) is 16.2. The van der Waals surface area contributed by atoms with Crippen LogP contribution in [0.25, 0.3) is 0 Å². The maximum absolute atomic E-state index is 14.0. The predicted octanol–water partition coefficient (Wildman–Crippen LogP) is 6.72. The Labute approximate surface area is 187 Å². The van der Waals surface area contributed by atoms with E-state index in [1.807, 2.05) is 24.3 Å². The normalized spacial score (nSPS) is 10.4. The van der Waals surface area contributed by atoms with Crippen LogP contribution in [-0.4, -0.2) is 13.1 Å². The molecule has 0 fully saturated rings.